The highest BCUT2D eigenvalue weighted by Crippen LogP contribution is 2.34. The zero-order valence-electron chi connectivity index (χ0n) is 18.5. The molecular weight excluding hydrogens is 432 g/mol. The Morgan fingerprint density at radius 1 is 0.471 bits per heavy atom. The van der Waals surface area contributed by atoms with Gasteiger partial charge in [-0.05, 0) is 96.5 Å². The SMILES string of the molecule is Oc1cccc(CCc2cc(O)cc(Oc3cc(CCc4ccc(O)c(O)c4)ccc3O)c2)c1. The van der Waals surface area contributed by atoms with Gasteiger partial charge in [0.15, 0.2) is 23.0 Å². The van der Waals surface area contributed by atoms with Gasteiger partial charge in [0, 0.05) is 6.07 Å². The molecule has 0 saturated carbocycles. The van der Waals surface area contributed by atoms with E-state index in [4.69, 9.17) is 4.74 Å². The molecule has 0 bridgehead atoms. The van der Waals surface area contributed by atoms with Crippen molar-refractivity contribution in [1.29, 1.82) is 0 Å². The minimum Gasteiger partial charge on any atom is -0.508 e. The van der Waals surface area contributed by atoms with Crippen LogP contribution in [0.15, 0.2) is 78.9 Å². The van der Waals surface area contributed by atoms with Crippen LogP contribution in [0.4, 0.5) is 0 Å². The lowest BCUT2D eigenvalue weighted by Gasteiger charge is -2.12. The normalized spacial score (nSPS) is 10.8. The van der Waals surface area contributed by atoms with Crippen LogP contribution in [0, 0.1) is 0 Å². The molecule has 0 aliphatic rings. The van der Waals surface area contributed by atoms with Crippen LogP contribution in [-0.2, 0) is 25.7 Å². The quantitative estimate of drug-likeness (QED) is 0.221. The van der Waals surface area contributed by atoms with Gasteiger partial charge in [0.05, 0.1) is 0 Å². The van der Waals surface area contributed by atoms with Gasteiger partial charge < -0.3 is 30.3 Å². The molecule has 5 N–H and O–H groups in total. The van der Waals surface area contributed by atoms with E-state index in [1.807, 2.05) is 12.1 Å². The molecule has 0 aromatic heterocycles. The number of aromatic hydroxyl groups is 5. The Hall–Kier alpha value is -4.32. The number of rotatable bonds is 8. The molecule has 4 rings (SSSR count). The summed E-state index contributed by atoms with van der Waals surface area (Å²) in [6.07, 6.45) is 2.59. The Morgan fingerprint density at radius 2 is 1.09 bits per heavy atom. The Kier molecular flexibility index (Phi) is 6.78. The standard InChI is InChI=1S/C28H26O6/c29-22-3-1-2-18(12-22)6-7-21-13-23(30)17-24(14-21)34-28-16-20(9-11-26(28)32)5-4-19-8-10-25(31)27(33)15-19/h1-3,8-17,29-33H,4-7H2. The molecule has 34 heavy (non-hydrogen) atoms. The van der Waals surface area contributed by atoms with Crippen molar-refractivity contribution in [2.45, 2.75) is 25.7 Å². The van der Waals surface area contributed by atoms with Gasteiger partial charge in [0.2, 0.25) is 0 Å². The van der Waals surface area contributed by atoms with Crippen LogP contribution >= 0.6 is 0 Å². The van der Waals surface area contributed by atoms with Crippen LogP contribution in [0.5, 0.6) is 40.2 Å². The average molecular weight is 459 g/mol. The number of hydrogen-bond donors (Lipinski definition) is 5. The molecule has 0 aliphatic heterocycles. The molecule has 0 saturated heterocycles. The fourth-order valence-electron chi connectivity index (χ4n) is 3.78. The molecule has 0 fully saturated rings. The minimum atomic E-state index is -0.156. The maximum absolute atomic E-state index is 10.3. The Bertz CT molecular complexity index is 1300. The first-order valence-electron chi connectivity index (χ1n) is 11.0. The lowest BCUT2D eigenvalue weighted by molar-refractivity contribution is 0.403. The van der Waals surface area contributed by atoms with Gasteiger partial charge in [-0.3, -0.25) is 0 Å². The maximum atomic E-state index is 10.3. The van der Waals surface area contributed by atoms with Crippen LogP contribution in [-0.4, -0.2) is 25.5 Å². The maximum Gasteiger partial charge on any atom is 0.169 e. The molecule has 0 unspecified atom stereocenters. The van der Waals surface area contributed by atoms with E-state index in [-0.39, 0.29) is 34.5 Å². The van der Waals surface area contributed by atoms with Crippen LogP contribution < -0.4 is 4.74 Å². The molecule has 0 spiro atoms. The predicted octanol–water partition coefficient (Wildman–Crippen LogP) is 5.58. The lowest BCUT2D eigenvalue weighted by atomic mass is 10.0. The molecular formula is C28H26O6. The molecule has 6 heteroatoms. The molecule has 0 aliphatic carbocycles. The van der Waals surface area contributed by atoms with E-state index in [9.17, 15) is 25.5 Å². The van der Waals surface area contributed by atoms with Gasteiger partial charge in [-0.2, -0.15) is 0 Å². The van der Waals surface area contributed by atoms with E-state index in [1.54, 1.807) is 48.5 Å². The monoisotopic (exact) mass is 458 g/mol. The van der Waals surface area contributed by atoms with E-state index in [2.05, 4.69) is 0 Å². The second-order valence-electron chi connectivity index (χ2n) is 8.23. The summed E-state index contributed by atoms with van der Waals surface area (Å²) in [6.45, 7) is 0. The van der Waals surface area contributed by atoms with Crippen LogP contribution in [0.2, 0.25) is 0 Å². The van der Waals surface area contributed by atoms with Gasteiger partial charge in [-0.15, -0.1) is 0 Å². The van der Waals surface area contributed by atoms with Crippen molar-refractivity contribution in [3.05, 3.63) is 101 Å². The fraction of sp³-hybridized carbons (Fsp3) is 0.143. The third kappa shape index (κ3) is 5.92. The molecule has 0 heterocycles. The van der Waals surface area contributed by atoms with Crippen molar-refractivity contribution >= 4 is 0 Å². The van der Waals surface area contributed by atoms with Crippen LogP contribution in [0.3, 0.4) is 0 Å². The number of phenolic OH excluding ortho intramolecular Hbond substituents is 5. The minimum absolute atomic E-state index is 0.0179. The second-order valence-corrected chi connectivity index (χ2v) is 8.23. The number of ether oxygens (including phenoxy) is 1. The first-order chi connectivity index (χ1) is 16.4. The topological polar surface area (TPSA) is 110 Å². The fourth-order valence-corrected chi connectivity index (χ4v) is 3.78. The Balaban J connectivity index is 1.45. The van der Waals surface area contributed by atoms with E-state index in [1.165, 1.54) is 18.2 Å². The highest BCUT2D eigenvalue weighted by molar-refractivity contribution is 5.47. The third-order valence-electron chi connectivity index (χ3n) is 5.56. The molecule has 6 nitrogen and oxygen atoms in total. The highest BCUT2D eigenvalue weighted by atomic mass is 16.5. The first kappa shape index (κ1) is 22.9. The van der Waals surface area contributed by atoms with Gasteiger partial charge in [0.25, 0.3) is 0 Å². The summed E-state index contributed by atoms with van der Waals surface area (Å²) in [5.41, 5.74) is 3.64. The van der Waals surface area contributed by atoms with Gasteiger partial charge in [-0.25, -0.2) is 0 Å². The van der Waals surface area contributed by atoms with Crippen molar-refractivity contribution in [3.63, 3.8) is 0 Å². The molecule has 0 atom stereocenters. The number of aryl methyl sites for hydroxylation is 4. The van der Waals surface area contributed by atoms with E-state index < -0.39 is 0 Å². The molecule has 174 valence electrons. The second kappa shape index (κ2) is 10.1. The summed E-state index contributed by atoms with van der Waals surface area (Å²) >= 11 is 0. The summed E-state index contributed by atoms with van der Waals surface area (Å²) < 4.78 is 5.91. The van der Waals surface area contributed by atoms with Crippen LogP contribution in [0.1, 0.15) is 22.3 Å². The van der Waals surface area contributed by atoms with Crippen molar-refractivity contribution in [2.75, 3.05) is 0 Å². The van der Waals surface area contributed by atoms with Gasteiger partial charge in [-0.1, -0.05) is 24.3 Å². The van der Waals surface area contributed by atoms with Crippen molar-refractivity contribution < 1.29 is 30.3 Å². The summed E-state index contributed by atoms with van der Waals surface area (Å²) in [5.74, 6) is 0.627. The van der Waals surface area contributed by atoms with Gasteiger partial charge in [0.1, 0.15) is 17.2 Å². The molecule has 4 aromatic rings. The Labute approximate surface area is 197 Å². The first-order valence-corrected chi connectivity index (χ1v) is 11.0. The third-order valence-corrected chi connectivity index (χ3v) is 5.56. The lowest BCUT2D eigenvalue weighted by Crippen LogP contribution is -1.94. The summed E-state index contributed by atoms with van der Waals surface area (Å²) in [6, 6.07) is 21.9. The summed E-state index contributed by atoms with van der Waals surface area (Å²) in [5, 5.41) is 49.2. The number of hydrogen-bond acceptors (Lipinski definition) is 6. The number of phenols is 5. The smallest absolute Gasteiger partial charge is 0.169 e. The van der Waals surface area contributed by atoms with E-state index >= 15 is 0 Å². The molecule has 4 aromatic carbocycles. The molecule has 0 amide bonds. The largest absolute Gasteiger partial charge is 0.508 e. The highest BCUT2D eigenvalue weighted by Gasteiger charge is 2.10. The predicted molar refractivity (Wildman–Crippen MR) is 129 cm³/mol. The summed E-state index contributed by atoms with van der Waals surface area (Å²) in [4.78, 5) is 0. The van der Waals surface area contributed by atoms with Crippen molar-refractivity contribution in [3.8, 4) is 40.2 Å². The van der Waals surface area contributed by atoms with Crippen molar-refractivity contribution in [2.24, 2.45) is 0 Å². The van der Waals surface area contributed by atoms with E-state index in [0.29, 0.717) is 31.4 Å². The number of benzene rings is 4. The zero-order chi connectivity index (χ0) is 24.1. The molecule has 0 radical (unpaired) electrons. The van der Waals surface area contributed by atoms with E-state index in [0.717, 1.165) is 22.3 Å². The average Bonchev–Trinajstić information content (AvgIpc) is 2.80. The Morgan fingerprint density at radius 3 is 1.79 bits per heavy atom. The van der Waals surface area contributed by atoms with Crippen LogP contribution in [0.25, 0.3) is 0 Å². The summed E-state index contributed by atoms with van der Waals surface area (Å²) in [7, 11) is 0. The van der Waals surface area contributed by atoms with Gasteiger partial charge >= 0.3 is 0 Å². The van der Waals surface area contributed by atoms with Crippen molar-refractivity contribution in [1.82, 2.24) is 0 Å². The zero-order valence-corrected chi connectivity index (χ0v) is 18.5.